The molecule has 0 radical (unpaired) electrons. The molecule has 0 aliphatic carbocycles. The van der Waals surface area contributed by atoms with E-state index in [1.54, 1.807) is 31.2 Å². The molecule has 27 heavy (non-hydrogen) atoms. The van der Waals surface area contributed by atoms with Gasteiger partial charge in [0.25, 0.3) is 5.91 Å². The molecule has 144 valence electrons. The third-order valence-corrected chi connectivity index (χ3v) is 4.97. The van der Waals surface area contributed by atoms with Crippen LogP contribution in [0.25, 0.3) is 0 Å². The molecule has 0 spiro atoms. The van der Waals surface area contributed by atoms with Gasteiger partial charge in [0.05, 0.1) is 0 Å². The number of amides is 1. The Kier molecular flexibility index (Phi) is 6.72. The van der Waals surface area contributed by atoms with Crippen molar-refractivity contribution in [3.63, 3.8) is 0 Å². The number of carbonyl (C=O) groups is 1. The second kappa shape index (κ2) is 9.22. The zero-order valence-corrected chi connectivity index (χ0v) is 16.6. The van der Waals surface area contributed by atoms with E-state index in [4.69, 9.17) is 16.3 Å². The molecule has 2 aromatic carbocycles. The normalized spacial score (nSPS) is 16.7. The number of carbonyl (C=O) groups excluding carboxylic acids is 1. The van der Waals surface area contributed by atoms with Crippen molar-refractivity contribution >= 4 is 23.2 Å². The molecule has 1 aliphatic rings. The molecule has 2 aromatic rings. The van der Waals surface area contributed by atoms with E-state index in [-0.39, 0.29) is 5.91 Å². The molecule has 0 aromatic heterocycles. The third-order valence-electron chi connectivity index (χ3n) is 4.72. The van der Waals surface area contributed by atoms with Gasteiger partial charge in [-0.25, -0.2) is 0 Å². The maximum absolute atomic E-state index is 12.3. The number of nitrogens with one attached hydrogen (secondary N) is 1. The van der Waals surface area contributed by atoms with E-state index < -0.39 is 6.10 Å². The lowest BCUT2D eigenvalue weighted by atomic mass is 10.1. The van der Waals surface area contributed by atoms with Crippen LogP contribution in [0.5, 0.6) is 5.75 Å². The summed E-state index contributed by atoms with van der Waals surface area (Å²) < 4.78 is 5.65. The molecule has 3 rings (SSSR count). The zero-order chi connectivity index (χ0) is 19.2. The number of hydrogen-bond acceptors (Lipinski definition) is 4. The van der Waals surface area contributed by atoms with Gasteiger partial charge in [-0.15, -0.1) is 0 Å². The van der Waals surface area contributed by atoms with Crippen LogP contribution in [0.3, 0.4) is 0 Å². The molecule has 0 saturated carbocycles. The lowest BCUT2D eigenvalue weighted by Crippen LogP contribution is -2.43. The minimum Gasteiger partial charge on any atom is -0.481 e. The highest BCUT2D eigenvalue weighted by atomic mass is 35.5. The van der Waals surface area contributed by atoms with Crippen LogP contribution in [0, 0.1) is 0 Å². The smallest absolute Gasteiger partial charge is 0.265 e. The van der Waals surface area contributed by atoms with Crippen LogP contribution >= 0.6 is 11.6 Å². The Morgan fingerprint density at radius 2 is 1.70 bits per heavy atom. The molecular formula is C21H26ClN3O2. The van der Waals surface area contributed by atoms with Crippen molar-refractivity contribution in [2.24, 2.45) is 0 Å². The summed E-state index contributed by atoms with van der Waals surface area (Å²) in [6.07, 6.45) is -0.601. The van der Waals surface area contributed by atoms with Crippen LogP contribution in [-0.2, 0) is 11.3 Å². The van der Waals surface area contributed by atoms with Crippen LogP contribution in [0.15, 0.2) is 48.5 Å². The number of nitrogens with zero attached hydrogens (tertiary/aromatic N) is 2. The maximum atomic E-state index is 12.3. The fraction of sp³-hybridized carbons (Fsp3) is 0.381. The fourth-order valence-electron chi connectivity index (χ4n) is 2.97. The summed E-state index contributed by atoms with van der Waals surface area (Å²) in [7, 11) is 2.16. The minimum atomic E-state index is -0.601. The lowest BCUT2D eigenvalue weighted by molar-refractivity contribution is -0.122. The van der Waals surface area contributed by atoms with E-state index in [1.807, 2.05) is 12.1 Å². The number of ether oxygens (including phenoxy) is 1. The largest absolute Gasteiger partial charge is 0.481 e. The molecular weight excluding hydrogens is 362 g/mol. The first-order valence-corrected chi connectivity index (χ1v) is 9.60. The Labute approximate surface area is 165 Å². The Morgan fingerprint density at radius 1 is 1.07 bits per heavy atom. The first kappa shape index (κ1) is 19.7. The van der Waals surface area contributed by atoms with E-state index in [9.17, 15) is 4.79 Å². The summed E-state index contributed by atoms with van der Waals surface area (Å²) in [5.74, 6) is 0.432. The molecule has 1 heterocycles. The first-order chi connectivity index (χ1) is 13.0. The topological polar surface area (TPSA) is 44.8 Å². The SMILES string of the molecule is CC(Oc1ccc(Cl)cc1)C(=O)Nc1ccc(CN2CCN(C)CC2)cc1. The van der Waals surface area contributed by atoms with E-state index >= 15 is 0 Å². The summed E-state index contributed by atoms with van der Waals surface area (Å²) in [6, 6.07) is 15.0. The van der Waals surface area contributed by atoms with Crippen LogP contribution in [0.4, 0.5) is 5.69 Å². The Morgan fingerprint density at radius 3 is 2.33 bits per heavy atom. The Hall–Kier alpha value is -2.08. The number of piperazine rings is 1. The number of halogens is 1. The monoisotopic (exact) mass is 387 g/mol. The number of likely N-dealkylation sites (N-methyl/N-ethyl adjacent to an activating group) is 1. The van der Waals surface area contributed by atoms with Gasteiger partial charge in [-0.05, 0) is 55.9 Å². The van der Waals surface area contributed by atoms with Crippen molar-refractivity contribution in [3.8, 4) is 5.75 Å². The van der Waals surface area contributed by atoms with Gasteiger partial charge in [-0.2, -0.15) is 0 Å². The van der Waals surface area contributed by atoms with Gasteiger partial charge in [0.1, 0.15) is 5.75 Å². The van der Waals surface area contributed by atoms with Crippen molar-refractivity contribution in [3.05, 3.63) is 59.1 Å². The second-order valence-electron chi connectivity index (χ2n) is 6.98. The van der Waals surface area contributed by atoms with Crippen LogP contribution in [0.2, 0.25) is 5.02 Å². The van der Waals surface area contributed by atoms with Gasteiger partial charge in [0, 0.05) is 43.4 Å². The molecule has 1 saturated heterocycles. The molecule has 1 atom stereocenters. The third kappa shape index (κ3) is 5.96. The highest BCUT2D eigenvalue weighted by molar-refractivity contribution is 6.30. The summed E-state index contributed by atoms with van der Waals surface area (Å²) in [5, 5.41) is 3.53. The summed E-state index contributed by atoms with van der Waals surface area (Å²) in [6.45, 7) is 7.08. The molecule has 6 heteroatoms. The van der Waals surface area contributed by atoms with Gasteiger partial charge in [0.2, 0.25) is 0 Å². The van der Waals surface area contributed by atoms with E-state index in [0.717, 1.165) is 38.4 Å². The molecule has 1 fully saturated rings. The fourth-order valence-corrected chi connectivity index (χ4v) is 3.10. The maximum Gasteiger partial charge on any atom is 0.265 e. The van der Waals surface area contributed by atoms with Gasteiger partial charge in [0.15, 0.2) is 6.10 Å². The molecule has 1 amide bonds. The van der Waals surface area contributed by atoms with E-state index in [1.165, 1.54) is 5.56 Å². The van der Waals surface area contributed by atoms with Gasteiger partial charge < -0.3 is 15.0 Å². The van der Waals surface area contributed by atoms with Gasteiger partial charge >= 0.3 is 0 Å². The van der Waals surface area contributed by atoms with Crippen molar-refractivity contribution in [1.82, 2.24) is 9.80 Å². The van der Waals surface area contributed by atoms with E-state index in [2.05, 4.69) is 34.3 Å². The number of hydrogen-bond donors (Lipinski definition) is 1. The average Bonchev–Trinajstić information content (AvgIpc) is 2.67. The minimum absolute atomic E-state index is 0.184. The number of anilines is 1. The highest BCUT2D eigenvalue weighted by Crippen LogP contribution is 2.18. The lowest BCUT2D eigenvalue weighted by Gasteiger charge is -2.32. The second-order valence-corrected chi connectivity index (χ2v) is 7.42. The molecule has 1 N–H and O–H groups in total. The highest BCUT2D eigenvalue weighted by Gasteiger charge is 2.16. The van der Waals surface area contributed by atoms with Crippen molar-refractivity contribution < 1.29 is 9.53 Å². The molecule has 0 bridgehead atoms. The van der Waals surface area contributed by atoms with Crippen LogP contribution in [-0.4, -0.2) is 55.0 Å². The Bertz CT molecular complexity index is 741. The van der Waals surface area contributed by atoms with Gasteiger partial charge in [-0.3, -0.25) is 9.69 Å². The Balaban J connectivity index is 1.49. The quantitative estimate of drug-likeness (QED) is 0.824. The van der Waals surface area contributed by atoms with Crippen molar-refractivity contribution in [1.29, 1.82) is 0 Å². The van der Waals surface area contributed by atoms with E-state index in [0.29, 0.717) is 10.8 Å². The molecule has 5 nitrogen and oxygen atoms in total. The molecule has 1 aliphatic heterocycles. The number of rotatable bonds is 6. The molecule has 1 unspecified atom stereocenters. The van der Waals surface area contributed by atoms with Crippen molar-refractivity contribution in [2.75, 3.05) is 38.5 Å². The standard InChI is InChI=1S/C21H26ClN3O2/c1-16(27-20-9-5-18(22)6-10-20)21(26)23-19-7-3-17(4-8-19)15-25-13-11-24(2)12-14-25/h3-10,16H,11-15H2,1-2H3,(H,23,26). The van der Waals surface area contributed by atoms with Crippen molar-refractivity contribution in [2.45, 2.75) is 19.6 Å². The number of benzene rings is 2. The van der Waals surface area contributed by atoms with Gasteiger partial charge in [-0.1, -0.05) is 23.7 Å². The predicted molar refractivity (Wildman–Crippen MR) is 109 cm³/mol. The van der Waals surface area contributed by atoms with Crippen LogP contribution in [0.1, 0.15) is 12.5 Å². The van der Waals surface area contributed by atoms with Crippen LogP contribution < -0.4 is 10.1 Å². The summed E-state index contributed by atoms with van der Waals surface area (Å²) in [4.78, 5) is 17.1. The first-order valence-electron chi connectivity index (χ1n) is 9.22. The summed E-state index contributed by atoms with van der Waals surface area (Å²) in [5.41, 5.74) is 2.02. The zero-order valence-electron chi connectivity index (χ0n) is 15.8. The average molecular weight is 388 g/mol. The summed E-state index contributed by atoms with van der Waals surface area (Å²) >= 11 is 5.86. The predicted octanol–water partition coefficient (Wildman–Crippen LogP) is 3.49.